The number of nitrogens with one attached hydrogen (secondary N) is 1. The van der Waals surface area contributed by atoms with Crippen molar-refractivity contribution in [1.29, 1.82) is 0 Å². The van der Waals surface area contributed by atoms with Crippen LogP contribution in [-0.4, -0.2) is 52.1 Å². The number of hydrogen-bond donors (Lipinski definition) is 1. The standard InChI is InChI=1S/C16H21ClN2O5S/c1-3-25(21,22)18-13-6-8-19(9-7-13)16(20)11-24-14-5-4-12(17)10-15(14)23-2/h3-5,10,13,18H,1,6-9,11H2,2H3. The van der Waals surface area contributed by atoms with E-state index < -0.39 is 10.0 Å². The van der Waals surface area contributed by atoms with E-state index in [1.54, 1.807) is 23.1 Å². The fourth-order valence-corrected chi connectivity index (χ4v) is 3.48. The van der Waals surface area contributed by atoms with Crippen LogP contribution < -0.4 is 14.2 Å². The van der Waals surface area contributed by atoms with Gasteiger partial charge in [0.2, 0.25) is 10.0 Å². The number of nitrogens with zero attached hydrogens (tertiary/aromatic N) is 1. The average Bonchev–Trinajstić information content (AvgIpc) is 2.60. The van der Waals surface area contributed by atoms with Crippen LogP contribution in [0.3, 0.4) is 0 Å². The molecule has 0 aromatic heterocycles. The molecule has 25 heavy (non-hydrogen) atoms. The van der Waals surface area contributed by atoms with E-state index in [1.165, 1.54) is 7.11 Å². The molecular weight excluding hydrogens is 368 g/mol. The minimum Gasteiger partial charge on any atom is -0.493 e. The van der Waals surface area contributed by atoms with Gasteiger partial charge in [-0.15, -0.1) is 0 Å². The molecule has 7 nitrogen and oxygen atoms in total. The Morgan fingerprint density at radius 1 is 1.40 bits per heavy atom. The second kappa shape index (κ2) is 8.55. The summed E-state index contributed by atoms with van der Waals surface area (Å²) < 4.78 is 36.2. The molecule has 1 fully saturated rings. The summed E-state index contributed by atoms with van der Waals surface area (Å²) in [7, 11) is -1.96. The van der Waals surface area contributed by atoms with Crippen LogP contribution in [0.4, 0.5) is 0 Å². The zero-order chi connectivity index (χ0) is 18.4. The Kier molecular flexibility index (Phi) is 6.69. The van der Waals surface area contributed by atoms with E-state index >= 15 is 0 Å². The van der Waals surface area contributed by atoms with E-state index in [0.717, 1.165) is 5.41 Å². The Hall–Kier alpha value is -1.77. The largest absolute Gasteiger partial charge is 0.493 e. The molecule has 0 bridgehead atoms. The third-order valence-corrected chi connectivity index (χ3v) is 5.21. The first kappa shape index (κ1) is 19.6. The Labute approximate surface area is 152 Å². The molecule has 0 atom stereocenters. The third-order valence-electron chi connectivity index (χ3n) is 3.87. The minimum absolute atomic E-state index is 0.124. The Morgan fingerprint density at radius 2 is 2.08 bits per heavy atom. The number of amides is 1. The van der Waals surface area contributed by atoms with Gasteiger partial charge in [0.15, 0.2) is 18.1 Å². The van der Waals surface area contributed by atoms with Gasteiger partial charge in [0.25, 0.3) is 5.91 Å². The lowest BCUT2D eigenvalue weighted by molar-refractivity contribution is -0.134. The molecule has 1 aromatic rings. The van der Waals surface area contributed by atoms with Gasteiger partial charge >= 0.3 is 0 Å². The van der Waals surface area contributed by atoms with E-state index in [-0.39, 0.29) is 18.6 Å². The number of rotatable bonds is 7. The van der Waals surface area contributed by atoms with Crippen LogP contribution in [0.15, 0.2) is 30.2 Å². The number of hydrogen-bond acceptors (Lipinski definition) is 5. The van der Waals surface area contributed by atoms with E-state index in [9.17, 15) is 13.2 Å². The smallest absolute Gasteiger partial charge is 0.260 e. The van der Waals surface area contributed by atoms with Gasteiger partial charge in [-0.2, -0.15) is 0 Å². The Balaban J connectivity index is 1.84. The first-order chi connectivity index (χ1) is 11.8. The Bertz CT molecular complexity index is 730. The van der Waals surface area contributed by atoms with Crippen molar-refractivity contribution in [3.63, 3.8) is 0 Å². The fraction of sp³-hybridized carbons (Fsp3) is 0.438. The zero-order valence-electron chi connectivity index (χ0n) is 13.9. The van der Waals surface area contributed by atoms with Crippen LogP contribution in [0.5, 0.6) is 11.5 Å². The molecule has 0 saturated carbocycles. The number of ether oxygens (including phenoxy) is 2. The van der Waals surface area contributed by atoms with Crippen molar-refractivity contribution in [2.45, 2.75) is 18.9 Å². The lowest BCUT2D eigenvalue weighted by atomic mass is 10.1. The zero-order valence-corrected chi connectivity index (χ0v) is 15.5. The first-order valence-electron chi connectivity index (χ1n) is 7.73. The maximum Gasteiger partial charge on any atom is 0.260 e. The number of sulfonamides is 1. The maximum atomic E-state index is 12.3. The molecule has 1 amide bonds. The highest BCUT2D eigenvalue weighted by atomic mass is 35.5. The van der Waals surface area contributed by atoms with Crippen molar-refractivity contribution in [2.75, 3.05) is 26.8 Å². The molecule has 0 spiro atoms. The van der Waals surface area contributed by atoms with Gasteiger partial charge in [-0.3, -0.25) is 4.79 Å². The summed E-state index contributed by atoms with van der Waals surface area (Å²) in [6.45, 7) is 4.06. The normalized spacial score (nSPS) is 15.7. The van der Waals surface area contributed by atoms with Crippen molar-refractivity contribution in [3.05, 3.63) is 35.2 Å². The summed E-state index contributed by atoms with van der Waals surface area (Å²) in [5.74, 6) is 0.730. The van der Waals surface area contributed by atoms with Gasteiger partial charge in [0.1, 0.15) is 0 Å². The van der Waals surface area contributed by atoms with Crippen LogP contribution in [0.25, 0.3) is 0 Å². The van der Waals surface area contributed by atoms with Crippen molar-refractivity contribution >= 4 is 27.5 Å². The van der Waals surface area contributed by atoms with Crippen LogP contribution in [0.1, 0.15) is 12.8 Å². The number of carbonyl (C=O) groups is 1. The lowest BCUT2D eigenvalue weighted by Gasteiger charge is -2.32. The van der Waals surface area contributed by atoms with Crippen molar-refractivity contribution < 1.29 is 22.7 Å². The molecule has 1 aliphatic rings. The molecule has 0 radical (unpaired) electrons. The predicted molar refractivity (Wildman–Crippen MR) is 95.4 cm³/mol. The van der Waals surface area contributed by atoms with Crippen LogP contribution >= 0.6 is 11.6 Å². The summed E-state index contributed by atoms with van der Waals surface area (Å²) in [6.07, 6.45) is 1.09. The minimum atomic E-state index is -3.45. The first-order valence-corrected chi connectivity index (χ1v) is 9.66. The van der Waals surface area contributed by atoms with Gasteiger partial charge < -0.3 is 14.4 Å². The van der Waals surface area contributed by atoms with E-state index in [1.807, 2.05) is 0 Å². The quantitative estimate of drug-likeness (QED) is 0.769. The summed E-state index contributed by atoms with van der Waals surface area (Å²) in [5.41, 5.74) is 0. The lowest BCUT2D eigenvalue weighted by Crippen LogP contribution is -2.47. The van der Waals surface area contributed by atoms with E-state index in [4.69, 9.17) is 21.1 Å². The number of methoxy groups -OCH3 is 1. The monoisotopic (exact) mass is 388 g/mol. The fourth-order valence-electron chi connectivity index (χ4n) is 2.52. The highest BCUT2D eigenvalue weighted by Gasteiger charge is 2.25. The second-order valence-electron chi connectivity index (χ2n) is 5.57. The number of benzene rings is 1. The highest BCUT2D eigenvalue weighted by Crippen LogP contribution is 2.30. The molecule has 1 saturated heterocycles. The molecule has 2 rings (SSSR count). The van der Waals surface area contributed by atoms with E-state index in [2.05, 4.69) is 11.3 Å². The summed E-state index contributed by atoms with van der Waals surface area (Å²) in [5, 5.41) is 1.40. The molecule has 1 N–H and O–H groups in total. The highest BCUT2D eigenvalue weighted by molar-refractivity contribution is 7.92. The molecule has 0 unspecified atom stereocenters. The summed E-state index contributed by atoms with van der Waals surface area (Å²) in [4.78, 5) is 13.9. The molecule has 138 valence electrons. The Morgan fingerprint density at radius 3 is 2.68 bits per heavy atom. The van der Waals surface area contributed by atoms with Crippen LogP contribution in [-0.2, 0) is 14.8 Å². The summed E-state index contributed by atoms with van der Waals surface area (Å²) in [6, 6.07) is 4.72. The van der Waals surface area contributed by atoms with E-state index in [0.29, 0.717) is 42.5 Å². The van der Waals surface area contributed by atoms with Gasteiger partial charge in [-0.1, -0.05) is 18.2 Å². The second-order valence-corrected chi connectivity index (χ2v) is 7.66. The number of carbonyl (C=O) groups excluding carboxylic acids is 1. The number of halogens is 1. The summed E-state index contributed by atoms with van der Waals surface area (Å²) >= 11 is 5.88. The van der Waals surface area contributed by atoms with Crippen molar-refractivity contribution in [3.8, 4) is 11.5 Å². The number of likely N-dealkylation sites (tertiary alicyclic amines) is 1. The maximum absolute atomic E-state index is 12.3. The SMILES string of the molecule is C=CS(=O)(=O)NC1CCN(C(=O)COc2ccc(Cl)cc2OC)CC1. The van der Waals surface area contributed by atoms with Crippen molar-refractivity contribution in [2.24, 2.45) is 0 Å². The molecule has 9 heteroatoms. The topological polar surface area (TPSA) is 84.9 Å². The van der Waals surface area contributed by atoms with Crippen LogP contribution in [0, 0.1) is 0 Å². The molecular formula is C16H21ClN2O5S. The predicted octanol–water partition coefficient (Wildman–Crippen LogP) is 1.78. The van der Waals surface area contributed by atoms with Crippen LogP contribution in [0.2, 0.25) is 5.02 Å². The number of piperidine rings is 1. The van der Waals surface area contributed by atoms with Gasteiger partial charge in [0, 0.05) is 35.6 Å². The molecule has 1 heterocycles. The molecule has 1 aliphatic heterocycles. The average molecular weight is 389 g/mol. The van der Waals surface area contributed by atoms with Crippen molar-refractivity contribution in [1.82, 2.24) is 9.62 Å². The van der Waals surface area contributed by atoms with Gasteiger partial charge in [-0.05, 0) is 25.0 Å². The van der Waals surface area contributed by atoms with Gasteiger partial charge in [0.05, 0.1) is 7.11 Å². The third kappa shape index (κ3) is 5.62. The molecule has 0 aliphatic carbocycles. The van der Waals surface area contributed by atoms with Gasteiger partial charge in [-0.25, -0.2) is 13.1 Å². The molecule has 1 aromatic carbocycles.